The van der Waals surface area contributed by atoms with Gasteiger partial charge in [-0.05, 0) is 31.6 Å². The monoisotopic (exact) mass is 279 g/mol. The molecule has 0 amide bonds. The molecule has 2 unspecified atom stereocenters. The molecule has 0 radical (unpaired) electrons. The fourth-order valence-electron chi connectivity index (χ4n) is 2.30. The second-order valence-corrected chi connectivity index (χ2v) is 8.56. The molecule has 102 valence electrons. The molecule has 1 rings (SSSR count). The first kappa shape index (κ1) is 15.3. The molecule has 0 aromatic rings. The minimum atomic E-state index is -2.78. The molecule has 2 atom stereocenters. The van der Waals surface area contributed by atoms with Crippen molar-refractivity contribution in [3.05, 3.63) is 0 Å². The summed E-state index contributed by atoms with van der Waals surface area (Å²) in [5.41, 5.74) is 0. The van der Waals surface area contributed by atoms with Crippen molar-refractivity contribution < 1.29 is 8.42 Å². The van der Waals surface area contributed by atoms with Crippen LogP contribution < -0.4 is 5.32 Å². The van der Waals surface area contributed by atoms with Crippen molar-refractivity contribution >= 4 is 21.6 Å². The van der Waals surface area contributed by atoms with E-state index in [2.05, 4.69) is 12.2 Å². The molecule has 1 aliphatic rings. The van der Waals surface area contributed by atoms with Gasteiger partial charge in [0.2, 0.25) is 0 Å². The largest absolute Gasteiger partial charge is 0.313 e. The molecule has 1 aliphatic carbocycles. The third-order valence-corrected chi connectivity index (χ3v) is 6.43. The van der Waals surface area contributed by atoms with Crippen molar-refractivity contribution in [2.75, 3.05) is 23.8 Å². The fourth-order valence-corrected chi connectivity index (χ4v) is 4.40. The standard InChI is InChI=1S/C12H25NO2S2/c1-3-16-12-8-5-7-11(12)13-9-6-10-17(14,15)4-2/h11-13H,3-10H2,1-2H3. The average Bonchev–Trinajstić information content (AvgIpc) is 2.73. The summed E-state index contributed by atoms with van der Waals surface area (Å²) in [4.78, 5) is 0. The number of sulfone groups is 1. The molecule has 0 aliphatic heterocycles. The van der Waals surface area contributed by atoms with Gasteiger partial charge in [0.15, 0.2) is 0 Å². The van der Waals surface area contributed by atoms with E-state index in [4.69, 9.17) is 0 Å². The normalized spacial score (nSPS) is 25.3. The molecule has 17 heavy (non-hydrogen) atoms. The Morgan fingerprint density at radius 2 is 2.06 bits per heavy atom. The lowest BCUT2D eigenvalue weighted by Crippen LogP contribution is -2.35. The minimum Gasteiger partial charge on any atom is -0.313 e. The van der Waals surface area contributed by atoms with Crippen LogP contribution in [0.2, 0.25) is 0 Å². The van der Waals surface area contributed by atoms with Crippen molar-refractivity contribution in [2.45, 2.75) is 50.8 Å². The molecule has 0 bridgehead atoms. The van der Waals surface area contributed by atoms with Crippen molar-refractivity contribution in [3.63, 3.8) is 0 Å². The number of nitrogens with one attached hydrogen (secondary N) is 1. The SMILES string of the molecule is CCSC1CCCC1NCCCS(=O)(=O)CC. The molecule has 0 aromatic heterocycles. The van der Waals surface area contributed by atoms with Crippen LogP contribution in [-0.4, -0.2) is 43.5 Å². The second-order valence-electron chi connectivity index (χ2n) is 4.58. The lowest BCUT2D eigenvalue weighted by atomic mass is 10.2. The first-order valence-electron chi connectivity index (χ1n) is 6.64. The molecule has 1 fully saturated rings. The summed E-state index contributed by atoms with van der Waals surface area (Å²) in [6.07, 6.45) is 4.61. The number of hydrogen-bond donors (Lipinski definition) is 1. The number of hydrogen-bond acceptors (Lipinski definition) is 4. The van der Waals surface area contributed by atoms with E-state index in [-0.39, 0.29) is 5.75 Å². The van der Waals surface area contributed by atoms with E-state index in [1.165, 1.54) is 25.0 Å². The topological polar surface area (TPSA) is 46.2 Å². The Hall–Kier alpha value is 0.260. The van der Waals surface area contributed by atoms with E-state index >= 15 is 0 Å². The third-order valence-electron chi connectivity index (χ3n) is 3.31. The van der Waals surface area contributed by atoms with Crippen LogP contribution >= 0.6 is 11.8 Å². The highest BCUT2D eigenvalue weighted by molar-refractivity contribution is 7.99. The average molecular weight is 279 g/mol. The first-order chi connectivity index (χ1) is 8.09. The van der Waals surface area contributed by atoms with Crippen molar-refractivity contribution in [1.82, 2.24) is 5.32 Å². The van der Waals surface area contributed by atoms with Gasteiger partial charge in [0.1, 0.15) is 9.84 Å². The van der Waals surface area contributed by atoms with E-state index in [1.54, 1.807) is 6.92 Å². The Morgan fingerprint density at radius 1 is 1.29 bits per heavy atom. The Kier molecular flexibility index (Phi) is 6.89. The molecule has 5 heteroatoms. The third kappa shape index (κ3) is 5.62. The Bertz CT molecular complexity index is 304. The van der Waals surface area contributed by atoms with E-state index in [9.17, 15) is 8.42 Å². The molecular weight excluding hydrogens is 254 g/mol. The van der Waals surface area contributed by atoms with Gasteiger partial charge < -0.3 is 5.32 Å². The quantitative estimate of drug-likeness (QED) is 0.691. The van der Waals surface area contributed by atoms with Crippen molar-refractivity contribution in [3.8, 4) is 0 Å². The Morgan fingerprint density at radius 3 is 2.71 bits per heavy atom. The summed E-state index contributed by atoms with van der Waals surface area (Å²) >= 11 is 2.03. The predicted octanol–water partition coefficient (Wildman–Crippen LogP) is 2.07. The van der Waals surface area contributed by atoms with E-state index in [0.717, 1.165) is 18.2 Å². The van der Waals surface area contributed by atoms with Gasteiger partial charge in [-0.3, -0.25) is 0 Å². The summed E-state index contributed by atoms with van der Waals surface area (Å²) in [5.74, 6) is 1.77. The first-order valence-corrected chi connectivity index (χ1v) is 9.51. The van der Waals surface area contributed by atoms with Crippen LogP contribution in [0, 0.1) is 0 Å². The highest BCUT2D eigenvalue weighted by Gasteiger charge is 2.26. The van der Waals surface area contributed by atoms with Gasteiger partial charge in [-0.15, -0.1) is 0 Å². The highest BCUT2D eigenvalue weighted by Crippen LogP contribution is 2.29. The van der Waals surface area contributed by atoms with Gasteiger partial charge in [-0.25, -0.2) is 8.42 Å². The molecular formula is C12H25NO2S2. The fraction of sp³-hybridized carbons (Fsp3) is 1.00. The second kappa shape index (κ2) is 7.64. The molecule has 0 aromatic carbocycles. The van der Waals surface area contributed by atoms with Crippen LogP contribution in [0.5, 0.6) is 0 Å². The summed E-state index contributed by atoms with van der Waals surface area (Å²) in [5, 5.41) is 4.27. The van der Waals surface area contributed by atoms with Crippen LogP contribution in [-0.2, 0) is 9.84 Å². The van der Waals surface area contributed by atoms with E-state index in [1.807, 2.05) is 11.8 Å². The maximum Gasteiger partial charge on any atom is 0.150 e. The highest BCUT2D eigenvalue weighted by atomic mass is 32.2. The molecule has 0 spiro atoms. The number of thioether (sulfide) groups is 1. The minimum absolute atomic E-state index is 0.269. The molecule has 0 saturated heterocycles. The van der Waals surface area contributed by atoms with Gasteiger partial charge >= 0.3 is 0 Å². The van der Waals surface area contributed by atoms with E-state index < -0.39 is 9.84 Å². The van der Waals surface area contributed by atoms with Gasteiger partial charge in [0.05, 0.1) is 5.75 Å². The zero-order valence-corrected chi connectivity index (χ0v) is 12.6. The zero-order valence-electron chi connectivity index (χ0n) is 10.9. The van der Waals surface area contributed by atoms with Gasteiger partial charge in [0, 0.05) is 17.0 Å². The van der Waals surface area contributed by atoms with Gasteiger partial charge in [-0.2, -0.15) is 11.8 Å². The van der Waals surface area contributed by atoms with Gasteiger partial charge in [0.25, 0.3) is 0 Å². The van der Waals surface area contributed by atoms with E-state index in [0.29, 0.717) is 11.8 Å². The Balaban J connectivity index is 2.18. The number of rotatable bonds is 8. The van der Waals surface area contributed by atoms with Crippen LogP contribution in [0.3, 0.4) is 0 Å². The lowest BCUT2D eigenvalue weighted by molar-refractivity contribution is 0.527. The van der Waals surface area contributed by atoms with Crippen LogP contribution in [0.1, 0.15) is 39.5 Å². The molecule has 1 N–H and O–H groups in total. The predicted molar refractivity (Wildman–Crippen MR) is 76.5 cm³/mol. The molecule has 3 nitrogen and oxygen atoms in total. The summed E-state index contributed by atoms with van der Waals surface area (Å²) in [6.45, 7) is 4.76. The van der Waals surface area contributed by atoms with Crippen molar-refractivity contribution in [1.29, 1.82) is 0 Å². The van der Waals surface area contributed by atoms with Crippen LogP contribution in [0.15, 0.2) is 0 Å². The van der Waals surface area contributed by atoms with Crippen LogP contribution in [0.25, 0.3) is 0 Å². The molecule has 0 heterocycles. The summed E-state index contributed by atoms with van der Waals surface area (Å²) in [7, 11) is -2.78. The lowest BCUT2D eigenvalue weighted by Gasteiger charge is -2.20. The maximum atomic E-state index is 11.3. The maximum absolute atomic E-state index is 11.3. The smallest absolute Gasteiger partial charge is 0.150 e. The zero-order chi connectivity index (χ0) is 12.7. The summed E-state index contributed by atoms with van der Waals surface area (Å²) < 4.78 is 22.7. The summed E-state index contributed by atoms with van der Waals surface area (Å²) in [6, 6.07) is 0.601. The molecule has 1 saturated carbocycles. The van der Waals surface area contributed by atoms with Gasteiger partial charge in [-0.1, -0.05) is 20.3 Å². The van der Waals surface area contributed by atoms with Crippen LogP contribution in [0.4, 0.5) is 0 Å². The van der Waals surface area contributed by atoms with Crippen molar-refractivity contribution in [2.24, 2.45) is 0 Å². The Labute approximate surface area is 110 Å².